The van der Waals surface area contributed by atoms with E-state index >= 15 is 0 Å². The molecule has 0 N–H and O–H groups in total. The Morgan fingerprint density at radius 2 is 1.13 bits per heavy atom. The van der Waals surface area contributed by atoms with Crippen LogP contribution in [-0.4, -0.2) is 4.98 Å². The van der Waals surface area contributed by atoms with E-state index in [1.54, 1.807) is 0 Å². The van der Waals surface area contributed by atoms with Crippen molar-refractivity contribution in [1.82, 2.24) is 4.98 Å². The molecule has 0 unspecified atom stereocenters. The van der Waals surface area contributed by atoms with Crippen LogP contribution >= 0.6 is 0 Å². The Morgan fingerprint density at radius 1 is 0.652 bits per heavy atom. The molecule has 0 atom stereocenters. The smallest absolute Gasteiger partial charge is 0.206 e. The molecule has 0 aliphatic heterocycles. The minimum Gasteiger partial charge on any atom is -0.206 e. The number of benzene rings is 1. The Hall–Kier alpha value is -2.70. The molecule has 1 aromatic carbocycles. The Bertz CT molecular complexity index is 831. The zero-order valence-electron chi connectivity index (χ0n) is 10.6. The molecule has 2 nitrogen and oxygen atoms in total. The van der Waals surface area contributed by atoms with Crippen molar-refractivity contribution in [2.24, 2.45) is 0 Å². The lowest BCUT2D eigenvalue weighted by Gasteiger charge is -2.12. The number of nitriles is 1. The third kappa shape index (κ3) is 2.48. The Balaban J connectivity index is 2.99. The highest BCUT2D eigenvalue weighted by Crippen LogP contribution is 2.36. The van der Waals surface area contributed by atoms with E-state index in [-0.39, 0.29) is 0 Å². The van der Waals surface area contributed by atoms with Gasteiger partial charge in [0, 0.05) is 5.56 Å². The van der Waals surface area contributed by atoms with Crippen molar-refractivity contribution in [3.63, 3.8) is 0 Å². The van der Waals surface area contributed by atoms with Crippen LogP contribution < -0.4 is 0 Å². The topological polar surface area (TPSA) is 36.7 Å². The van der Waals surface area contributed by atoms with Crippen molar-refractivity contribution >= 4 is 0 Å². The third-order valence-electron chi connectivity index (χ3n) is 2.86. The fraction of sp³-hybridized carbons (Fsp3) is 0.0769. The monoisotopic (exact) mass is 338 g/mol. The van der Waals surface area contributed by atoms with Crippen LogP contribution in [0.5, 0.6) is 0 Å². The van der Waals surface area contributed by atoms with E-state index in [2.05, 4.69) is 4.98 Å². The van der Waals surface area contributed by atoms with Crippen LogP contribution in [0.3, 0.4) is 0 Å². The van der Waals surface area contributed by atoms with Crippen molar-refractivity contribution in [1.29, 1.82) is 5.26 Å². The van der Waals surface area contributed by atoms with Crippen molar-refractivity contribution in [2.45, 2.75) is 6.42 Å². The predicted octanol–water partition coefficient (Wildman–Crippen LogP) is 3.93. The van der Waals surface area contributed by atoms with Gasteiger partial charge < -0.3 is 0 Å². The molecule has 1 aromatic heterocycles. The van der Waals surface area contributed by atoms with Gasteiger partial charge in [-0.05, 0) is 0 Å². The molecular formula is C13H2F8N2. The molecule has 1 heterocycles. The Kier molecular flexibility index (Phi) is 4.22. The van der Waals surface area contributed by atoms with Crippen LogP contribution in [0.2, 0.25) is 0 Å². The summed E-state index contributed by atoms with van der Waals surface area (Å²) in [6.07, 6.45) is -1.12. The summed E-state index contributed by atoms with van der Waals surface area (Å²) in [5.74, 6) is -18.0. The van der Waals surface area contributed by atoms with Crippen molar-refractivity contribution in [2.75, 3.05) is 0 Å². The highest BCUT2D eigenvalue weighted by molar-refractivity contribution is 5.67. The summed E-state index contributed by atoms with van der Waals surface area (Å²) in [4.78, 5) is 2.17. The quantitative estimate of drug-likeness (QED) is 0.360. The summed E-state index contributed by atoms with van der Waals surface area (Å²) < 4.78 is 108. The summed E-state index contributed by atoms with van der Waals surface area (Å²) in [6.45, 7) is 0. The Morgan fingerprint density at radius 3 is 1.61 bits per heavy atom. The molecule has 0 saturated carbocycles. The summed E-state index contributed by atoms with van der Waals surface area (Å²) in [7, 11) is 0. The van der Waals surface area contributed by atoms with Crippen molar-refractivity contribution in [3.05, 3.63) is 52.4 Å². The second kappa shape index (κ2) is 5.83. The molecule has 0 aliphatic carbocycles. The van der Waals surface area contributed by atoms with Gasteiger partial charge in [0.2, 0.25) is 0 Å². The number of hydrogen-bond acceptors (Lipinski definition) is 2. The lowest BCUT2D eigenvalue weighted by molar-refractivity contribution is 0.404. The standard InChI is InChI=1S/C13H2F8N2/c14-6-3(1-2-22)7(15)11(19)8(16)4(6)5-9(17)12(20)23-13(21)10(5)18/h1H2. The summed E-state index contributed by atoms with van der Waals surface area (Å²) in [5.41, 5.74) is -5.18. The maximum absolute atomic E-state index is 14.1. The van der Waals surface area contributed by atoms with Crippen LogP contribution in [0.4, 0.5) is 35.1 Å². The molecule has 0 radical (unpaired) electrons. The van der Waals surface area contributed by atoms with Gasteiger partial charge in [0.25, 0.3) is 11.9 Å². The second-order valence-electron chi connectivity index (χ2n) is 4.14. The lowest BCUT2D eigenvalue weighted by Crippen LogP contribution is -2.10. The fourth-order valence-electron chi connectivity index (χ4n) is 1.84. The van der Waals surface area contributed by atoms with Gasteiger partial charge in [0.05, 0.1) is 23.6 Å². The molecule has 2 aromatic rings. The maximum Gasteiger partial charge on any atom is 0.252 e. The summed E-state index contributed by atoms with van der Waals surface area (Å²) >= 11 is 0. The highest BCUT2D eigenvalue weighted by Gasteiger charge is 2.32. The zero-order chi connectivity index (χ0) is 17.5. The van der Waals surface area contributed by atoms with Crippen molar-refractivity contribution < 1.29 is 35.1 Å². The number of halogens is 8. The average Bonchev–Trinajstić information content (AvgIpc) is 2.51. The third-order valence-corrected chi connectivity index (χ3v) is 2.86. The van der Waals surface area contributed by atoms with Crippen LogP contribution in [0.15, 0.2) is 0 Å². The van der Waals surface area contributed by atoms with Gasteiger partial charge in [0.1, 0.15) is 5.82 Å². The van der Waals surface area contributed by atoms with E-state index in [4.69, 9.17) is 5.26 Å². The van der Waals surface area contributed by atoms with Crippen LogP contribution in [0.25, 0.3) is 11.1 Å². The first-order valence-corrected chi connectivity index (χ1v) is 5.64. The van der Waals surface area contributed by atoms with Crippen LogP contribution in [0.1, 0.15) is 5.56 Å². The van der Waals surface area contributed by atoms with Gasteiger partial charge in [0.15, 0.2) is 29.1 Å². The molecule has 0 fully saturated rings. The molecule has 120 valence electrons. The van der Waals surface area contributed by atoms with Gasteiger partial charge in [-0.1, -0.05) is 0 Å². The predicted molar refractivity (Wildman–Crippen MR) is 58.7 cm³/mol. The first-order valence-electron chi connectivity index (χ1n) is 5.64. The van der Waals surface area contributed by atoms with Gasteiger partial charge in [-0.3, -0.25) is 0 Å². The molecule has 0 saturated heterocycles. The van der Waals surface area contributed by atoms with E-state index in [1.807, 2.05) is 0 Å². The molecular weight excluding hydrogens is 336 g/mol. The SMILES string of the molecule is N#CCc1c(F)c(F)c(F)c(-c2c(F)c(F)nc(F)c2F)c1F. The summed E-state index contributed by atoms with van der Waals surface area (Å²) in [5, 5.41) is 8.41. The molecule has 0 bridgehead atoms. The van der Waals surface area contributed by atoms with Gasteiger partial charge in [-0.25, -0.2) is 26.3 Å². The van der Waals surface area contributed by atoms with Gasteiger partial charge >= 0.3 is 0 Å². The summed E-state index contributed by atoms with van der Waals surface area (Å²) in [6, 6.07) is 1.23. The van der Waals surface area contributed by atoms with Crippen molar-refractivity contribution in [3.8, 4) is 17.2 Å². The van der Waals surface area contributed by atoms with E-state index in [0.717, 1.165) is 0 Å². The first kappa shape index (κ1) is 16.7. The van der Waals surface area contributed by atoms with E-state index in [0.29, 0.717) is 0 Å². The highest BCUT2D eigenvalue weighted by atomic mass is 19.2. The van der Waals surface area contributed by atoms with Crippen LogP contribution in [-0.2, 0) is 6.42 Å². The van der Waals surface area contributed by atoms with Gasteiger partial charge in [-0.2, -0.15) is 19.0 Å². The molecule has 2 rings (SSSR count). The number of pyridine rings is 1. The Labute approximate surface area is 122 Å². The van der Waals surface area contributed by atoms with E-state index in [1.165, 1.54) is 6.07 Å². The minimum atomic E-state index is -2.41. The number of hydrogen-bond donors (Lipinski definition) is 0. The molecule has 0 spiro atoms. The zero-order valence-corrected chi connectivity index (χ0v) is 10.6. The maximum atomic E-state index is 14.1. The molecule has 23 heavy (non-hydrogen) atoms. The second-order valence-corrected chi connectivity index (χ2v) is 4.14. The molecule has 0 amide bonds. The number of rotatable bonds is 2. The molecule has 0 aliphatic rings. The minimum absolute atomic E-state index is 1.12. The lowest BCUT2D eigenvalue weighted by atomic mass is 9.99. The van der Waals surface area contributed by atoms with Crippen LogP contribution in [0, 0.1) is 58.1 Å². The number of nitrogens with zero attached hydrogens (tertiary/aromatic N) is 2. The largest absolute Gasteiger partial charge is 0.252 e. The normalized spacial score (nSPS) is 10.7. The van der Waals surface area contributed by atoms with E-state index < -0.39 is 69.9 Å². The average molecular weight is 338 g/mol. The molecule has 10 heteroatoms. The van der Waals surface area contributed by atoms with E-state index in [9.17, 15) is 35.1 Å². The number of aromatic nitrogens is 1. The van der Waals surface area contributed by atoms with Gasteiger partial charge in [-0.15, -0.1) is 0 Å². The first-order chi connectivity index (χ1) is 10.7. The fourth-order valence-corrected chi connectivity index (χ4v) is 1.84.